The summed E-state index contributed by atoms with van der Waals surface area (Å²) in [5, 5.41) is 9.87. The third-order valence-electron chi connectivity index (χ3n) is 2.41. The Morgan fingerprint density at radius 2 is 2.19 bits per heavy atom. The Kier molecular flexibility index (Phi) is 5.71. The first-order chi connectivity index (χ1) is 7.67. The molecule has 0 fully saturated rings. The Hall–Kier alpha value is -0.670. The molecule has 1 aromatic carbocycles. The van der Waals surface area contributed by atoms with Crippen molar-refractivity contribution in [1.29, 1.82) is 0 Å². The van der Waals surface area contributed by atoms with E-state index < -0.39 is 0 Å². The Morgan fingerprint density at radius 3 is 2.81 bits per heavy atom. The van der Waals surface area contributed by atoms with E-state index in [0.29, 0.717) is 6.42 Å². The fourth-order valence-electron chi connectivity index (χ4n) is 1.63. The number of aryl methyl sites for hydroxylation is 1. The third-order valence-corrected chi connectivity index (χ3v) is 3.43. The molecule has 0 amide bonds. The molecule has 2 nitrogen and oxygen atoms in total. The van der Waals surface area contributed by atoms with Crippen LogP contribution in [0.5, 0.6) is 5.75 Å². The molecule has 1 atom stereocenters. The summed E-state index contributed by atoms with van der Waals surface area (Å²) in [5.74, 6) is 2.70. The zero-order valence-electron chi connectivity index (χ0n) is 10.2. The van der Waals surface area contributed by atoms with Crippen molar-refractivity contribution in [3.05, 3.63) is 29.3 Å². The molecule has 0 saturated carbocycles. The fourth-order valence-corrected chi connectivity index (χ4v) is 2.26. The van der Waals surface area contributed by atoms with Gasteiger partial charge in [0.05, 0.1) is 13.2 Å². The van der Waals surface area contributed by atoms with Crippen LogP contribution in [0.2, 0.25) is 0 Å². The molecule has 90 valence electrons. The molecule has 16 heavy (non-hydrogen) atoms. The van der Waals surface area contributed by atoms with E-state index in [1.54, 1.807) is 18.9 Å². The van der Waals surface area contributed by atoms with Gasteiger partial charge < -0.3 is 9.84 Å². The van der Waals surface area contributed by atoms with Crippen LogP contribution in [0.25, 0.3) is 0 Å². The lowest BCUT2D eigenvalue weighted by Gasteiger charge is -2.13. The van der Waals surface area contributed by atoms with Gasteiger partial charge in [0, 0.05) is 12.2 Å². The minimum absolute atomic E-state index is 0.291. The fraction of sp³-hybridized carbons (Fsp3) is 0.538. The van der Waals surface area contributed by atoms with E-state index in [1.807, 2.05) is 12.1 Å². The van der Waals surface area contributed by atoms with Crippen molar-refractivity contribution in [2.75, 3.05) is 18.6 Å². The van der Waals surface area contributed by atoms with Crippen LogP contribution < -0.4 is 4.74 Å². The maximum Gasteiger partial charge on any atom is 0.122 e. The number of thioether (sulfide) groups is 1. The number of aliphatic hydroxyl groups is 1. The summed E-state index contributed by atoms with van der Waals surface area (Å²) in [6.07, 6.45) is 0.373. The molecule has 0 heterocycles. The second-order valence-electron chi connectivity index (χ2n) is 3.83. The van der Waals surface area contributed by atoms with Crippen molar-refractivity contribution < 1.29 is 9.84 Å². The van der Waals surface area contributed by atoms with E-state index in [-0.39, 0.29) is 6.10 Å². The van der Waals surface area contributed by atoms with Crippen LogP contribution in [-0.4, -0.2) is 29.8 Å². The first kappa shape index (κ1) is 13.4. The highest BCUT2D eigenvalue weighted by Gasteiger charge is 2.09. The van der Waals surface area contributed by atoms with Crippen molar-refractivity contribution in [2.24, 2.45) is 0 Å². The number of methoxy groups -OCH3 is 1. The Bertz CT molecular complexity index is 326. The molecule has 0 bridgehead atoms. The quantitative estimate of drug-likeness (QED) is 0.829. The number of hydrogen-bond acceptors (Lipinski definition) is 3. The SMILES string of the molecule is CCSCC(O)Cc1cc(C)ccc1OC. The summed E-state index contributed by atoms with van der Waals surface area (Å²) in [4.78, 5) is 0. The summed E-state index contributed by atoms with van der Waals surface area (Å²) in [7, 11) is 1.67. The van der Waals surface area contributed by atoms with Crippen LogP contribution in [-0.2, 0) is 6.42 Å². The van der Waals surface area contributed by atoms with Gasteiger partial charge in [0.2, 0.25) is 0 Å². The average Bonchev–Trinajstić information content (AvgIpc) is 2.27. The van der Waals surface area contributed by atoms with E-state index in [1.165, 1.54) is 5.56 Å². The molecule has 1 aromatic rings. The average molecular weight is 240 g/mol. The summed E-state index contributed by atoms with van der Waals surface area (Å²) in [5.41, 5.74) is 2.29. The van der Waals surface area contributed by atoms with Crippen LogP contribution in [0.15, 0.2) is 18.2 Å². The normalized spacial score (nSPS) is 12.5. The van der Waals surface area contributed by atoms with Gasteiger partial charge >= 0.3 is 0 Å². The molecule has 0 spiro atoms. The van der Waals surface area contributed by atoms with E-state index in [0.717, 1.165) is 22.8 Å². The van der Waals surface area contributed by atoms with Crippen molar-refractivity contribution in [3.8, 4) is 5.75 Å². The van der Waals surface area contributed by atoms with Gasteiger partial charge in [-0.25, -0.2) is 0 Å². The maximum absolute atomic E-state index is 9.87. The first-order valence-corrected chi connectivity index (χ1v) is 6.72. The zero-order valence-corrected chi connectivity index (χ0v) is 11.0. The second kappa shape index (κ2) is 6.81. The Morgan fingerprint density at radius 1 is 1.44 bits per heavy atom. The highest BCUT2D eigenvalue weighted by atomic mass is 32.2. The van der Waals surface area contributed by atoms with Gasteiger partial charge in [-0.05, 0) is 24.3 Å². The Labute approximate surface area is 102 Å². The molecule has 1 unspecified atom stereocenters. The number of aliphatic hydroxyl groups excluding tert-OH is 1. The number of hydrogen-bond donors (Lipinski definition) is 1. The van der Waals surface area contributed by atoms with Gasteiger partial charge in [-0.2, -0.15) is 11.8 Å². The van der Waals surface area contributed by atoms with Gasteiger partial charge in [0.1, 0.15) is 5.75 Å². The number of ether oxygens (including phenoxy) is 1. The predicted octanol–water partition coefficient (Wildman–Crippen LogP) is 2.66. The molecule has 0 aliphatic carbocycles. The van der Waals surface area contributed by atoms with Gasteiger partial charge in [0.25, 0.3) is 0 Å². The lowest BCUT2D eigenvalue weighted by atomic mass is 10.0. The molecule has 0 radical (unpaired) electrons. The monoisotopic (exact) mass is 240 g/mol. The summed E-state index contributed by atoms with van der Waals surface area (Å²) in [6, 6.07) is 6.07. The standard InChI is InChI=1S/C13H20O2S/c1-4-16-9-12(14)8-11-7-10(2)5-6-13(11)15-3/h5-7,12,14H,4,8-9H2,1-3H3. The smallest absolute Gasteiger partial charge is 0.122 e. The topological polar surface area (TPSA) is 29.5 Å². The third kappa shape index (κ3) is 4.06. The van der Waals surface area contributed by atoms with Crippen LogP contribution in [0.3, 0.4) is 0 Å². The van der Waals surface area contributed by atoms with Gasteiger partial charge in [0.15, 0.2) is 0 Å². The van der Waals surface area contributed by atoms with Gasteiger partial charge in [-0.1, -0.05) is 24.6 Å². The maximum atomic E-state index is 9.87. The van der Waals surface area contributed by atoms with Gasteiger partial charge in [-0.15, -0.1) is 0 Å². The molecular weight excluding hydrogens is 220 g/mol. The molecule has 1 N–H and O–H groups in total. The van der Waals surface area contributed by atoms with Crippen molar-refractivity contribution in [2.45, 2.75) is 26.4 Å². The first-order valence-electron chi connectivity index (χ1n) is 5.56. The van der Waals surface area contributed by atoms with E-state index >= 15 is 0 Å². The van der Waals surface area contributed by atoms with Crippen molar-refractivity contribution in [3.63, 3.8) is 0 Å². The molecule has 0 aliphatic rings. The molecule has 0 saturated heterocycles. The van der Waals surface area contributed by atoms with Crippen molar-refractivity contribution in [1.82, 2.24) is 0 Å². The second-order valence-corrected chi connectivity index (χ2v) is 5.15. The van der Waals surface area contributed by atoms with E-state index in [9.17, 15) is 5.11 Å². The zero-order chi connectivity index (χ0) is 12.0. The highest BCUT2D eigenvalue weighted by molar-refractivity contribution is 7.99. The number of rotatable bonds is 6. The number of benzene rings is 1. The molecule has 0 aromatic heterocycles. The minimum atomic E-state index is -0.291. The van der Waals surface area contributed by atoms with Crippen LogP contribution >= 0.6 is 11.8 Å². The molecule has 3 heteroatoms. The lowest BCUT2D eigenvalue weighted by Crippen LogP contribution is -2.14. The largest absolute Gasteiger partial charge is 0.496 e. The Balaban J connectivity index is 2.67. The predicted molar refractivity (Wildman–Crippen MR) is 70.4 cm³/mol. The van der Waals surface area contributed by atoms with Crippen LogP contribution in [0, 0.1) is 6.92 Å². The van der Waals surface area contributed by atoms with Gasteiger partial charge in [-0.3, -0.25) is 0 Å². The minimum Gasteiger partial charge on any atom is -0.496 e. The summed E-state index contributed by atoms with van der Waals surface area (Å²) >= 11 is 1.76. The highest BCUT2D eigenvalue weighted by Crippen LogP contribution is 2.21. The summed E-state index contributed by atoms with van der Waals surface area (Å²) < 4.78 is 5.29. The van der Waals surface area contributed by atoms with Crippen LogP contribution in [0.1, 0.15) is 18.1 Å². The molecular formula is C13H20O2S. The van der Waals surface area contributed by atoms with E-state index in [4.69, 9.17) is 4.74 Å². The van der Waals surface area contributed by atoms with Crippen molar-refractivity contribution >= 4 is 11.8 Å². The molecule has 1 rings (SSSR count). The lowest BCUT2D eigenvalue weighted by molar-refractivity contribution is 0.199. The van der Waals surface area contributed by atoms with E-state index in [2.05, 4.69) is 19.9 Å². The molecule has 0 aliphatic heterocycles. The summed E-state index contributed by atoms with van der Waals surface area (Å²) in [6.45, 7) is 4.15. The van der Waals surface area contributed by atoms with Crippen LogP contribution in [0.4, 0.5) is 0 Å².